The number of fused-ring (bicyclic) bond motifs is 1. The number of allylic oxidation sites excluding steroid dienone is 2. The summed E-state index contributed by atoms with van der Waals surface area (Å²) in [6.45, 7) is 0. The van der Waals surface area contributed by atoms with Crippen LogP contribution in [-0.4, -0.2) is 38.2 Å². The van der Waals surface area contributed by atoms with Gasteiger partial charge in [0.25, 0.3) is 0 Å². The van der Waals surface area contributed by atoms with Crippen LogP contribution in [0.15, 0.2) is 60.3 Å². The summed E-state index contributed by atoms with van der Waals surface area (Å²) < 4.78 is 19.2. The number of hydrogen-bond acceptors (Lipinski definition) is 6. The van der Waals surface area contributed by atoms with Gasteiger partial charge in [-0.2, -0.15) is 5.10 Å². The summed E-state index contributed by atoms with van der Waals surface area (Å²) in [5.41, 5.74) is 8.17. The van der Waals surface area contributed by atoms with Crippen LogP contribution in [0, 0.1) is 0 Å². The summed E-state index contributed by atoms with van der Waals surface area (Å²) in [7, 11) is 6.56. The molecule has 1 saturated carbocycles. The first kappa shape index (κ1) is 22.1. The van der Waals surface area contributed by atoms with Crippen molar-refractivity contribution in [1.82, 2.24) is 15.3 Å². The van der Waals surface area contributed by atoms with Gasteiger partial charge in [0.1, 0.15) is 0 Å². The first-order chi connectivity index (χ1) is 16.7. The molecule has 1 unspecified atom stereocenters. The SMILES string of the molecule is CONC(=C1CC1)n1ncc2c1CC(c1ccccc1)(c1ccc(OC)c(OC)c1OC)C=C2. The van der Waals surface area contributed by atoms with E-state index >= 15 is 0 Å². The summed E-state index contributed by atoms with van der Waals surface area (Å²) in [5.74, 6) is 2.76. The summed E-state index contributed by atoms with van der Waals surface area (Å²) in [4.78, 5) is 5.30. The van der Waals surface area contributed by atoms with Crippen LogP contribution in [0.5, 0.6) is 17.2 Å². The van der Waals surface area contributed by atoms with Crippen LogP contribution in [-0.2, 0) is 16.7 Å². The van der Waals surface area contributed by atoms with Crippen LogP contribution in [0.25, 0.3) is 11.9 Å². The standard InChI is InChI=1S/C27H29N3O4/c1-31-23-13-12-21(24(32-2)25(23)33-3)27(20-8-6-5-7-9-20)15-14-19-17-28-30(22(19)16-27)26(29-34-4)18-10-11-18/h5-9,12-15,17,29H,10-11,16H2,1-4H3. The van der Waals surface area contributed by atoms with Gasteiger partial charge in [-0.25, -0.2) is 10.2 Å². The topological polar surface area (TPSA) is 66.8 Å². The van der Waals surface area contributed by atoms with Gasteiger partial charge in [0.2, 0.25) is 5.75 Å². The van der Waals surface area contributed by atoms with Crippen molar-refractivity contribution >= 4 is 11.9 Å². The summed E-state index contributed by atoms with van der Waals surface area (Å²) in [6.07, 6.45) is 9.07. The molecule has 0 bridgehead atoms. The molecule has 1 heterocycles. The second-order valence-electron chi connectivity index (χ2n) is 8.45. The summed E-state index contributed by atoms with van der Waals surface area (Å²) in [5, 5.41) is 4.72. The quantitative estimate of drug-likeness (QED) is 0.498. The molecule has 0 amide bonds. The number of rotatable bonds is 8. The number of methoxy groups -OCH3 is 3. The van der Waals surface area contributed by atoms with Crippen molar-refractivity contribution in [1.29, 1.82) is 0 Å². The molecule has 3 aromatic rings. The normalized spacial score (nSPS) is 18.3. The lowest BCUT2D eigenvalue weighted by molar-refractivity contribution is 0.130. The Hall–Kier alpha value is -3.71. The third-order valence-corrected chi connectivity index (χ3v) is 6.61. The number of aromatic nitrogens is 2. The maximum Gasteiger partial charge on any atom is 0.203 e. The molecule has 0 aliphatic heterocycles. The maximum absolute atomic E-state index is 5.94. The number of nitrogens with zero attached hydrogens (tertiary/aromatic N) is 2. The van der Waals surface area contributed by atoms with Crippen molar-refractivity contribution in [3.63, 3.8) is 0 Å². The number of benzene rings is 2. The highest BCUT2D eigenvalue weighted by Crippen LogP contribution is 2.50. The fraction of sp³-hybridized carbons (Fsp3) is 0.296. The van der Waals surface area contributed by atoms with Crippen LogP contribution < -0.4 is 19.7 Å². The van der Waals surface area contributed by atoms with E-state index < -0.39 is 5.41 Å². The highest BCUT2D eigenvalue weighted by atomic mass is 16.6. The van der Waals surface area contributed by atoms with E-state index in [-0.39, 0.29) is 0 Å². The highest BCUT2D eigenvalue weighted by Gasteiger charge is 2.40. The highest BCUT2D eigenvalue weighted by molar-refractivity contribution is 5.69. The van der Waals surface area contributed by atoms with E-state index in [1.54, 1.807) is 28.4 Å². The molecule has 176 valence electrons. The largest absolute Gasteiger partial charge is 0.493 e. The molecule has 1 N–H and O–H groups in total. The van der Waals surface area contributed by atoms with Gasteiger partial charge in [0.05, 0.1) is 40.3 Å². The molecule has 7 nitrogen and oxygen atoms in total. The van der Waals surface area contributed by atoms with E-state index in [1.807, 2.05) is 23.0 Å². The van der Waals surface area contributed by atoms with Crippen molar-refractivity contribution in [2.24, 2.45) is 0 Å². The Morgan fingerprint density at radius 2 is 1.71 bits per heavy atom. The molecule has 0 radical (unpaired) electrons. The molecule has 2 aliphatic rings. The molecule has 1 atom stereocenters. The first-order valence-corrected chi connectivity index (χ1v) is 11.3. The van der Waals surface area contributed by atoms with Gasteiger partial charge in [-0.1, -0.05) is 48.6 Å². The zero-order valence-corrected chi connectivity index (χ0v) is 19.9. The first-order valence-electron chi connectivity index (χ1n) is 11.3. The van der Waals surface area contributed by atoms with Crippen molar-refractivity contribution in [3.05, 3.63) is 82.7 Å². The Balaban J connectivity index is 1.73. The molecule has 1 aromatic heterocycles. The lowest BCUT2D eigenvalue weighted by Gasteiger charge is -2.36. The lowest BCUT2D eigenvalue weighted by atomic mass is 9.68. The predicted octanol–water partition coefficient (Wildman–Crippen LogP) is 4.58. The lowest BCUT2D eigenvalue weighted by Crippen LogP contribution is -2.33. The van der Waals surface area contributed by atoms with Gasteiger partial charge < -0.3 is 14.2 Å². The minimum atomic E-state index is -0.511. The summed E-state index contributed by atoms with van der Waals surface area (Å²) in [6, 6.07) is 14.5. The number of ether oxygens (including phenoxy) is 3. The molecule has 7 heteroatoms. The Kier molecular flexibility index (Phi) is 5.79. The van der Waals surface area contributed by atoms with Crippen LogP contribution in [0.3, 0.4) is 0 Å². The summed E-state index contributed by atoms with van der Waals surface area (Å²) >= 11 is 0. The second kappa shape index (κ2) is 8.91. The fourth-order valence-corrected chi connectivity index (χ4v) is 4.84. The van der Waals surface area contributed by atoms with Gasteiger partial charge in [-0.15, -0.1) is 0 Å². The molecule has 34 heavy (non-hydrogen) atoms. The minimum Gasteiger partial charge on any atom is -0.493 e. The van der Waals surface area contributed by atoms with Crippen molar-refractivity contribution < 1.29 is 19.0 Å². The van der Waals surface area contributed by atoms with Crippen molar-refractivity contribution in [2.75, 3.05) is 28.4 Å². The number of hydroxylamine groups is 1. The van der Waals surface area contributed by atoms with E-state index in [4.69, 9.17) is 24.1 Å². The average Bonchev–Trinajstić information content (AvgIpc) is 3.65. The van der Waals surface area contributed by atoms with E-state index in [0.29, 0.717) is 23.7 Å². The second-order valence-corrected chi connectivity index (χ2v) is 8.45. The molecular formula is C27H29N3O4. The predicted molar refractivity (Wildman–Crippen MR) is 131 cm³/mol. The average molecular weight is 460 g/mol. The molecule has 2 aromatic carbocycles. The van der Waals surface area contributed by atoms with Crippen molar-refractivity contribution in [3.8, 4) is 17.2 Å². The van der Waals surface area contributed by atoms with E-state index in [2.05, 4.69) is 48.0 Å². The molecule has 5 rings (SSSR count). The molecule has 1 fully saturated rings. The molecule has 2 aliphatic carbocycles. The van der Waals surface area contributed by atoms with Gasteiger partial charge in [0, 0.05) is 23.0 Å². The van der Waals surface area contributed by atoms with Crippen LogP contribution in [0.1, 0.15) is 35.2 Å². The third-order valence-electron chi connectivity index (χ3n) is 6.61. The van der Waals surface area contributed by atoms with E-state index in [0.717, 1.165) is 41.0 Å². The Bertz CT molecular complexity index is 1260. The monoisotopic (exact) mass is 459 g/mol. The Labute approximate surface area is 199 Å². The van der Waals surface area contributed by atoms with Crippen LogP contribution in [0.2, 0.25) is 0 Å². The zero-order valence-electron chi connectivity index (χ0n) is 19.9. The Morgan fingerprint density at radius 3 is 2.35 bits per heavy atom. The smallest absolute Gasteiger partial charge is 0.203 e. The van der Waals surface area contributed by atoms with Crippen LogP contribution >= 0.6 is 0 Å². The van der Waals surface area contributed by atoms with Crippen molar-refractivity contribution in [2.45, 2.75) is 24.7 Å². The molecule has 0 saturated heterocycles. The van der Waals surface area contributed by atoms with Gasteiger partial charge in [-0.3, -0.25) is 4.84 Å². The molecule has 0 spiro atoms. The van der Waals surface area contributed by atoms with Gasteiger partial charge in [0.15, 0.2) is 17.3 Å². The molecular weight excluding hydrogens is 430 g/mol. The number of hydrogen-bond donors (Lipinski definition) is 1. The van der Waals surface area contributed by atoms with Gasteiger partial charge >= 0.3 is 0 Å². The zero-order chi connectivity index (χ0) is 23.7. The van der Waals surface area contributed by atoms with Gasteiger partial charge in [-0.05, 0) is 30.0 Å². The van der Waals surface area contributed by atoms with Crippen LogP contribution in [0.4, 0.5) is 0 Å². The minimum absolute atomic E-state index is 0.511. The Morgan fingerprint density at radius 1 is 0.941 bits per heavy atom. The number of nitrogens with one attached hydrogen (secondary N) is 1. The van der Waals surface area contributed by atoms with E-state index in [1.165, 1.54) is 5.57 Å². The third kappa shape index (κ3) is 3.53. The van der Waals surface area contributed by atoms with E-state index in [9.17, 15) is 0 Å². The maximum atomic E-state index is 5.94. The fourth-order valence-electron chi connectivity index (χ4n) is 4.84.